The average molecular weight is 622 g/mol. The van der Waals surface area contributed by atoms with Crippen LogP contribution in [0.2, 0.25) is 0 Å². The van der Waals surface area contributed by atoms with Gasteiger partial charge in [0.25, 0.3) is 5.91 Å². The zero-order valence-electron chi connectivity index (χ0n) is 25.8. The van der Waals surface area contributed by atoms with Gasteiger partial charge in [0.2, 0.25) is 0 Å². The van der Waals surface area contributed by atoms with Gasteiger partial charge < -0.3 is 29.2 Å². The third-order valence-corrected chi connectivity index (χ3v) is 7.16. The number of para-hydroxylation sites is 1. The highest BCUT2D eigenvalue weighted by atomic mass is 16.8. The van der Waals surface area contributed by atoms with E-state index in [9.17, 15) is 19.2 Å². The van der Waals surface area contributed by atoms with Gasteiger partial charge in [-0.1, -0.05) is 42.5 Å². The molecule has 3 aromatic rings. The molecule has 3 N–H and O–H groups in total. The van der Waals surface area contributed by atoms with Crippen LogP contribution in [-0.2, 0) is 55.9 Å². The fraction of sp³-hybridized carbons (Fsp3) is 0.394. The number of ether oxygens (including phenoxy) is 4. The summed E-state index contributed by atoms with van der Waals surface area (Å²) in [5.74, 6) is -2.38. The van der Waals surface area contributed by atoms with Crippen LogP contribution in [0.3, 0.4) is 0 Å². The van der Waals surface area contributed by atoms with Crippen LogP contribution >= 0.6 is 0 Å². The molecule has 45 heavy (non-hydrogen) atoms. The summed E-state index contributed by atoms with van der Waals surface area (Å²) >= 11 is 0. The zero-order chi connectivity index (χ0) is 32.3. The zero-order valence-corrected chi connectivity index (χ0v) is 25.8. The Labute approximate surface area is 261 Å². The lowest BCUT2D eigenvalue weighted by molar-refractivity contribution is -0.278. The number of esters is 3. The Kier molecular flexibility index (Phi) is 11.9. The molecule has 12 heteroatoms. The van der Waals surface area contributed by atoms with Gasteiger partial charge in [-0.15, -0.1) is 0 Å². The molecule has 240 valence electrons. The molecule has 1 saturated heterocycles. The van der Waals surface area contributed by atoms with Crippen LogP contribution in [0.25, 0.3) is 17.0 Å². The number of fused-ring (bicyclic) bond motifs is 1. The number of rotatable bonds is 13. The van der Waals surface area contributed by atoms with Gasteiger partial charge in [0.15, 0.2) is 12.4 Å². The predicted molar refractivity (Wildman–Crippen MR) is 164 cm³/mol. The first-order chi connectivity index (χ1) is 21.6. The van der Waals surface area contributed by atoms with Gasteiger partial charge in [-0.2, -0.15) is 0 Å². The van der Waals surface area contributed by atoms with Gasteiger partial charge >= 0.3 is 17.9 Å². The summed E-state index contributed by atoms with van der Waals surface area (Å²) in [7, 11) is 0. The van der Waals surface area contributed by atoms with E-state index >= 15 is 0 Å². The molecule has 2 heterocycles. The minimum Gasteiger partial charge on any atom is -0.463 e. The van der Waals surface area contributed by atoms with Gasteiger partial charge in [-0.05, 0) is 48.7 Å². The first-order valence-electron chi connectivity index (χ1n) is 14.7. The van der Waals surface area contributed by atoms with E-state index in [1.165, 1.54) is 43.5 Å². The van der Waals surface area contributed by atoms with Crippen molar-refractivity contribution < 1.29 is 43.0 Å². The molecule has 0 saturated carbocycles. The molecule has 0 radical (unpaired) electrons. The molecule has 1 aliphatic heterocycles. The molecular formula is C33H39N3O9. The third kappa shape index (κ3) is 10.00. The molecule has 4 rings (SSSR count). The summed E-state index contributed by atoms with van der Waals surface area (Å²) in [4.78, 5) is 56.0. The van der Waals surface area contributed by atoms with Gasteiger partial charge in [0.1, 0.15) is 18.8 Å². The Bertz CT molecular complexity index is 1520. The summed E-state index contributed by atoms with van der Waals surface area (Å²) in [6, 6.07) is 16.1. The van der Waals surface area contributed by atoms with Crippen molar-refractivity contribution in [2.75, 3.05) is 13.2 Å². The quantitative estimate of drug-likeness (QED) is 0.0851. The van der Waals surface area contributed by atoms with Gasteiger partial charge in [-0.3, -0.25) is 19.2 Å². The van der Waals surface area contributed by atoms with Crippen molar-refractivity contribution >= 4 is 40.8 Å². The number of carbonyl (C=O) groups excluding carboxylic acids is 4. The number of H-pyrrole nitrogens is 1. The summed E-state index contributed by atoms with van der Waals surface area (Å²) < 4.78 is 21.4. The molecule has 12 nitrogen and oxygen atoms in total. The number of amides is 1. The molecule has 0 spiro atoms. The number of hydrogen-bond acceptors (Lipinski definition) is 10. The Morgan fingerprint density at radius 3 is 2.42 bits per heavy atom. The largest absolute Gasteiger partial charge is 0.463 e. The normalized spacial score (nSPS) is 19.7. The summed E-state index contributed by atoms with van der Waals surface area (Å²) in [6.07, 6.45) is -0.254. The number of hydroxylamine groups is 1. The smallest absolute Gasteiger partial charge is 0.303 e. The van der Waals surface area contributed by atoms with E-state index in [2.05, 4.69) is 40.9 Å². The second kappa shape index (κ2) is 16.0. The predicted octanol–water partition coefficient (Wildman–Crippen LogP) is 3.41. The molecule has 4 atom stereocenters. The fourth-order valence-corrected chi connectivity index (χ4v) is 5.15. The molecule has 0 unspecified atom stereocenters. The van der Waals surface area contributed by atoms with Gasteiger partial charge in [0, 0.05) is 56.4 Å². The standard InChI is InChI=1S/C33H39N3O9/c1-20-26(27-7-5-6-8-28(27)35-20)15-16-34-18-25-11-9-24(10-12-25)13-14-31(40)36-45-32-17-29(42-22(3)38)33(43-23(4)39)30(44-32)19-41-21(2)37/h5-14,29-30,32-35H,15-19H2,1-4H3,(H,36,40)/b14-13+/t29-,30-,32+,33-/m1/s1. The average Bonchev–Trinajstić information content (AvgIpc) is 3.32. The Morgan fingerprint density at radius 1 is 0.978 bits per heavy atom. The van der Waals surface area contributed by atoms with Crippen molar-refractivity contribution in [3.63, 3.8) is 0 Å². The van der Waals surface area contributed by atoms with E-state index in [-0.39, 0.29) is 13.0 Å². The molecular weight excluding hydrogens is 582 g/mol. The van der Waals surface area contributed by atoms with Crippen LogP contribution in [-0.4, -0.2) is 66.6 Å². The molecule has 0 bridgehead atoms. The minimum atomic E-state index is -1.08. The molecule has 1 aromatic heterocycles. The number of aryl methyl sites for hydroxylation is 1. The second-order valence-corrected chi connectivity index (χ2v) is 10.7. The number of hydrogen-bond donors (Lipinski definition) is 3. The highest BCUT2D eigenvalue weighted by molar-refractivity contribution is 5.91. The van der Waals surface area contributed by atoms with Gasteiger partial charge in [-0.25, -0.2) is 10.3 Å². The topological polar surface area (TPSA) is 154 Å². The van der Waals surface area contributed by atoms with E-state index < -0.39 is 48.4 Å². The lowest BCUT2D eigenvalue weighted by atomic mass is 10.0. The summed E-state index contributed by atoms with van der Waals surface area (Å²) in [5.41, 5.74) is 7.90. The van der Waals surface area contributed by atoms with E-state index in [0.29, 0.717) is 6.54 Å². The van der Waals surface area contributed by atoms with Crippen molar-refractivity contribution in [2.45, 2.75) is 71.7 Å². The van der Waals surface area contributed by atoms with Crippen LogP contribution in [0.4, 0.5) is 0 Å². The lowest BCUT2D eigenvalue weighted by Gasteiger charge is -2.39. The summed E-state index contributed by atoms with van der Waals surface area (Å²) in [6.45, 7) is 6.99. The summed E-state index contributed by atoms with van der Waals surface area (Å²) in [5, 5.41) is 4.75. The molecule has 0 aliphatic carbocycles. The van der Waals surface area contributed by atoms with Crippen molar-refractivity contribution in [1.82, 2.24) is 15.8 Å². The van der Waals surface area contributed by atoms with Gasteiger partial charge in [0.05, 0.1) is 0 Å². The highest BCUT2D eigenvalue weighted by Crippen LogP contribution is 2.27. The molecule has 1 aliphatic rings. The number of aromatic amines is 1. The van der Waals surface area contributed by atoms with Crippen LogP contribution < -0.4 is 10.8 Å². The van der Waals surface area contributed by atoms with E-state index in [0.717, 1.165) is 29.6 Å². The van der Waals surface area contributed by atoms with Crippen LogP contribution in [0.5, 0.6) is 0 Å². The minimum absolute atomic E-state index is 0.0466. The molecule has 1 fully saturated rings. The maximum atomic E-state index is 12.5. The van der Waals surface area contributed by atoms with Crippen molar-refractivity contribution in [2.24, 2.45) is 0 Å². The third-order valence-electron chi connectivity index (χ3n) is 7.16. The first kappa shape index (κ1) is 33.4. The lowest BCUT2D eigenvalue weighted by Crippen LogP contribution is -2.55. The van der Waals surface area contributed by atoms with Crippen molar-refractivity contribution in [3.05, 3.63) is 77.0 Å². The van der Waals surface area contributed by atoms with E-state index in [4.69, 9.17) is 23.8 Å². The van der Waals surface area contributed by atoms with E-state index in [1.54, 1.807) is 6.08 Å². The maximum absolute atomic E-state index is 12.5. The number of nitrogens with one attached hydrogen (secondary N) is 3. The monoisotopic (exact) mass is 621 g/mol. The van der Waals surface area contributed by atoms with E-state index in [1.807, 2.05) is 30.3 Å². The molecule has 1 amide bonds. The number of carbonyl (C=O) groups is 4. The van der Waals surface area contributed by atoms with Crippen LogP contribution in [0, 0.1) is 6.92 Å². The fourth-order valence-electron chi connectivity index (χ4n) is 5.15. The first-order valence-corrected chi connectivity index (χ1v) is 14.7. The Hall–Kier alpha value is -4.52. The maximum Gasteiger partial charge on any atom is 0.303 e. The Balaban J connectivity index is 1.24. The SMILES string of the molecule is CC(=O)OC[C@H]1O[C@@H](ONC(=O)/C=C/c2ccc(CNCCc3c(C)[nH]c4ccccc34)cc2)C[C@@H](OC(C)=O)[C@H]1OC(C)=O. The Morgan fingerprint density at radius 2 is 1.71 bits per heavy atom. The van der Waals surface area contributed by atoms with Crippen LogP contribution in [0.1, 0.15) is 49.6 Å². The molecule has 2 aromatic carbocycles. The highest BCUT2D eigenvalue weighted by Gasteiger charge is 2.44. The van der Waals surface area contributed by atoms with Crippen molar-refractivity contribution in [1.29, 1.82) is 0 Å². The van der Waals surface area contributed by atoms with Crippen LogP contribution in [0.15, 0.2) is 54.6 Å². The number of aromatic nitrogens is 1. The number of benzene rings is 2. The van der Waals surface area contributed by atoms with Crippen molar-refractivity contribution in [3.8, 4) is 0 Å². The second-order valence-electron chi connectivity index (χ2n) is 10.7.